The fraction of sp³-hybridized carbons (Fsp3) is 0.625. The first-order valence-corrected chi connectivity index (χ1v) is 7.83. The fourth-order valence-electron chi connectivity index (χ4n) is 3.03. The zero-order valence-electron chi connectivity index (χ0n) is 11.9. The van der Waals surface area contributed by atoms with E-state index in [4.69, 9.17) is 17.3 Å². The number of likely N-dealkylation sites (tertiary alicyclic amines) is 1. The van der Waals surface area contributed by atoms with Crippen LogP contribution in [0.5, 0.6) is 0 Å². The number of hydrogen-bond donors (Lipinski definition) is 1. The molecule has 0 radical (unpaired) electrons. The molecule has 2 rings (SSSR count). The Labute approximate surface area is 121 Å². The molecule has 0 aliphatic carbocycles. The van der Waals surface area contributed by atoms with Crippen molar-refractivity contribution in [3.63, 3.8) is 0 Å². The van der Waals surface area contributed by atoms with Crippen molar-refractivity contribution < 1.29 is 0 Å². The average Bonchev–Trinajstić information content (AvgIpc) is 2.60. The van der Waals surface area contributed by atoms with Gasteiger partial charge in [-0.25, -0.2) is 0 Å². The average molecular weight is 281 g/mol. The van der Waals surface area contributed by atoms with Crippen molar-refractivity contribution in [3.8, 4) is 0 Å². The Bertz CT molecular complexity index is 406. The van der Waals surface area contributed by atoms with Gasteiger partial charge in [0.15, 0.2) is 0 Å². The zero-order valence-corrected chi connectivity index (χ0v) is 12.6. The first kappa shape index (κ1) is 14.7. The number of benzene rings is 1. The second-order valence-corrected chi connectivity index (χ2v) is 6.12. The molecule has 1 fully saturated rings. The molecule has 0 spiro atoms. The van der Waals surface area contributed by atoms with E-state index in [1.807, 2.05) is 12.1 Å². The van der Waals surface area contributed by atoms with Gasteiger partial charge in [0.2, 0.25) is 0 Å². The van der Waals surface area contributed by atoms with Gasteiger partial charge in [-0.1, -0.05) is 37.4 Å². The number of nitrogens with two attached hydrogens (primary N) is 1. The molecule has 2 N–H and O–H groups in total. The highest BCUT2D eigenvalue weighted by molar-refractivity contribution is 6.33. The van der Waals surface area contributed by atoms with E-state index in [0.717, 1.165) is 12.5 Å². The number of halogens is 1. The van der Waals surface area contributed by atoms with Crippen molar-refractivity contribution in [1.82, 2.24) is 4.90 Å². The molecule has 1 aromatic carbocycles. The largest absolute Gasteiger partial charge is 0.398 e. The number of hydrogen-bond acceptors (Lipinski definition) is 2. The van der Waals surface area contributed by atoms with Crippen molar-refractivity contribution in [3.05, 3.63) is 28.8 Å². The number of anilines is 1. The maximum Gasteiger partial charge on any atom is 0.0635 e. The van der Waals surface area contributed by atoms with Crippen LogP contribution < -0.4 is 5.73 Å². The molecule has 1 aliphatic heterocycles. The van der Waals surface area contributed by atoms with Crippen LogP contribution in [0.25, 0.3) is 0 Å². The Morgan fingerprint density at radius 3 is 2.89 bits per heavy atom. The van der Waals surface area contributed by atoms with Gasteiger partial charge in [0.1, 0.15) is 0 Å². The first-order chi connectivity index (χ1) is 9.19. The van der Waals surface area contributed by atoms with Gasteiger partial charge in [0.25, 0.3) is 0 Å². The van der Waals surface area contributed by atoms with E-state index in [2.05, 4.69) is 17.9 Å². The monoisotopic (exact) mass is 280 g/mol. The standard InChI is InChI=1S/C16H25ClN2/c1-2-4-13-5-3-9-19(10-8-13)12-14-6-7-15(17)16(18)11-14/h6-7,11,13H,2-5,8-10,12,18H2,1H3. The topological polar surface area (TPSA) is 29.3 Å². The van der Waals surface area contributed by atoms with E-state index in [9.17, 15) is 0 Å². The zero-order chi connectivity index (χ0) is 13.7. The molecule has 1 atom stereocenters. The second-order valence-electron chi connectivity index (χ2n) is 5.72. The molecule has 0 amide bonds. The van der Waals surface area contributed by atoms with Crippen molar-refractivity contribution >= 4 is 17.3 Å². The summed E-state index contributed by atoms with van der Waals surface area (Å²) in [6.07, 6.45) is 6.78. The van der Waals surface area contributed by atoms with Crippen LogP contribution in [-0.4, -0.2) is 18.0 Å². The van der Waals surface area contributed by atoms with Crippen LogP contribution in [0.3, 0.4) is 0 Å². The van der Waals surface area contributed by atoms with Gasteiger partial charge < -0.3 is 5.73 Å². The second kappa shape index (κ2) is 7.16. The Hall–Kier alpha value is -0.730. The highest BCUT2D eigenvalue weighted by atomic mass is 35.5. The Morgan fingerprint density at radius 2 is 2.16 bits per heavy atom. The summed E-state index contributed by atoms with van der Waals surface area (Å²) in [5.41, 5.74) is 7.83. The summed E-state index contributed by atoms with van der Waals surface area (Å²) in [7, 11) is 0. The van der Waals surface area contributed by atoms with E-state index in [1.54, 1.807) is 0 Å². The molecule has 1 heterocycles. The van der Waals surface area contributed by atoms with Crippen LogP contribution >= 0.6 is 11.6 Å². The van der Waals surface area contributed by atoms with E-state index in [0.29, 0.717) is 10.7 Å². The fourth-order valence-corrected chi connectivity index (χ4v) is 3.15. The third kappa shape index (κ3) is 4.39. The van der Waals surface area contributed by atoms with E-state index >= 15 is 0 Å². The van der Waals surface area contributed by atoms with Crippen molar-refractivity contribution in [2.24, 2.45) is 5.92 Å². The molecule has 1 saturated heterocycles. The molecule has 19 heavy (non-hydrogen) atoms. The smallest absolute Gasteiger partial charge is 0.0635 e. The lowest BCUT2D eigenvalue weighted by atomic mass is 9.96. The normalized spacial score (nSPS) is 21.3. The predicted octanol–water partition coefficient (Wildman–Crippen LogP) is 4.32. The molecule has 0 bridgehead atoms. The van der Waals surface area contributed by atoms with Crippen LogP contribution in [0.2, 0.25) is 5.02 Å². The quantitative estimate of drug-likeness (QED) is 0.832. The maximum absolute atomic E-state index is 5.96. The van der Waals surface area contributed by atoms with Crippen LogP contribution in [0.4, 0.5) is 5.69 Å². The predicted molar refractivity (Wildman–Crippen MR) is 83.4 cm³/mol. The van der Waals surface area contributed by atoms with Crippen LogP contribution in [-0.2, 0) is 6.54 Å². The molecule has 0 aromatic heterocycles. The molecule has 2 nitrogen and oxygen atoms in total. The molecule has 1 aromatic rings. The van der Waals surface area contributed by atoms with Gasteiger partial charge in [0, 0.05) is 6.54 Å². The molecule has 3 heteroatoms. The first-order valence-electron chi connectivity index (χ1n) is 7.45. The highest BCUT2D eigenvalue weighted by Crippen LogP contribution is 2.24. The summed E-state index contributed by atoms with van der Waals surface area (Å²) >= 11 is 5.96. The van der Waals surface area contributed by atoms with Crippen LogP contribution in [0.1, 0.15) is 44.6 Å². The summed E-state index contributed by atoms with van der Waals surface area (Å²) in [6.45, 7) is 5.72. The Kier molecular flexibility index (Phi) is 5.53. The van der Waals surface area contributed by atoms with Crippen LogP contribution in [0.15, 0.2) is 18.2 Å². The molecule has 1 aliphatic rings. The van der Waals surface area contributed by atoms with Gasteiger partial charge in [-0.2, -0.15) is 0 Å². The minimum atomic E-state index is 0.655. The van der Waals surface area contributed by atoms with Gasteiger partial charge in [-0.3, -0.25) is 4.90 Å². The SMILES string of the molecule is CCCC1CCCN(Cc2ccc(Cl)c(N)c2)CC1. The van der Waals surface area contributed by atoms with Gasteiger partial charge in [-0.05, 0) is 56.0 Å². The van der Waals surface area contributed by atoms with Crippen molar-refractivity contribution in [1.29, 1.82) is 0 Å². The third-order valence-electron chi connectivity index (χ3n) is 4.10. The number of rotatable bonds is 4. The van der Waals surface area contributed by atoms with Crippen LogP contribution in [0, 0.1) is 5.92 Å². The summed E-state index contributed by atoms with van der Waals surface area (Å²) in [6, 6.07) is 6.01. The minimum Gasteiger partial charge on any atom is -0.398 e. The molecule has 106 valence electrons. The Balaban J connectivity index is 1.90. The van der Waals surface area contributed by atoms with Crippen molar-refractivity contribution in [2.45, 2.75) is 45.6 Å². The summed E-state index contributed by atoms with van der Waals surface area (Å²) in [5.74, 6) is 0.935. The van der Waals surface area contributed by atoms with Gasteiger partial charge in [-0.15, -0.1) is 0 Å². The van der Waals surface area contributed by atoms with Crippen molar-refractivity contribution in [2.75, 3.05) is 18.8 Å². The van der Waals surface area contributed by atoms with E-state index < -0.39 is 0 Å². The molecular formula is C16H25ClN2. The summed E-state index contributed by atoms with van der Waals surface area (Å²) < 4.78 is 0. The summed E-state index contributed by atoms with van der Waals surface area (Å²) in [5, 5.41) is 0.655. The van der Waals surface area contributed by atoms with E-state index in [1.165, 1.54) is 50.8 Å². The lowest BCUT2D eigenvalue weighted by Crippen LogP contribution is -2.24. The number of nitrogen functional groups attached to an aromatic ring is 1. The maximum atomic E-state index is 5.96. The molecule has 0 saturated carbocycles. The lowest BCUT2D eigenvalue weighted by molar-refractivity contribution is 0.271. The molecular weight excluding hydrogens is 256 g/mol. The summed E-state index contributed by atoms with van der Waals surface area (Å²) in [4.78, 5) is 2.55. The molecule has 1 unspecified atom stereocenters. The number of nitrogens with zero attached hydrogens (tertiary/aromatic N) is 1. The Morgan fingerprint density at radius 1 is 1.32 bits per heavy atom. The van der Waals surface area contributed by atoms with Gasteiger partial charge in [0.05, 0.1) is 10.7 Å². The highest BCUT2D eigenvalue weighted by Gasteiger charge is 2.16. The van der Waals surface area contributed by atoms with E-state index in [-0.39, 0.29) is 0 Å². The van der Waals surface area contributed by atoms with Gasteiger partial charge >= 0.3 is 0 Å². The lowest BCUT2D eigenvalue weighted by Gasteiger charge is -2.20. The minimum absolute atomic E-state index is 0.655. The third-order valence-corrected chi connectivity index (χ3v) is 4.45.